The summed E-state index contributed by atoms with van der Waals surface area (Å²) in [5.74, 6) is 0.733. The number of furan rings is 1. The zero-order valence-corrected chi connectivity index (χ0v) is 18.4. The van der Waals surface area contributed by atoms with Crippen molar-refractivity contribution in [2.75, 3.05) is 12.4 Å². The summed E-state index contributed by atoms with van der Waals surface area (Å²) in [6, 6.07) is 18.6. The molecule has 0 saturated carbocycles. The molecule has 6 nitrogen and oxygen atoms in total. The molecule has 0 aliphatic rings. The number of rotatable bonds is 6. The van der Waals surface area contributed by atoms with Crippen LogP contribution >= 0.6 is 11.3 Å². The average Bonchev–Trinajstić information content (AvgIpc) is 3.39. The standard InChI is InChI=1S/C25H20N2O4S/c1-15-26-16(14-32-15)13-30-21-9-5-4-8-18(21)25(28)27-20-12-23-19(11-24(20)29-2)17-7-3-6-10-22(17)31-23/h3-12,14H,13H2,1-2H3,(H,27,28). The van der Waals surface area contributed by atoms with E-state index in [9.17, 15) is 4.79 Å². The van der Waals surface area contributed by atoms with Crippen molar-refractivity contribution >= 4 is 44.9 Å². The van der Waals surface area contributed by atoms with E-state index in [2.05, 4.69) is 10.3 Å². The molecule has 0 aliphatic carbocycles. The number of methoxy groups -OCH3 is 1. The van der Waals surface area contributed by atoms with E-state index in [1.54, 1.807) is 42.7 Å². The van der Waals surface area contributed by atoms with Gasteiger partial charge >= 0.3 is 0 Å². The highest BCUT2D eigenvalue weighted by molar-refractivity contribution is 7.09. The molecule has 0 aliphatic heterocycles. The maximum absolute atomic E-state index is 13.1. The summed E-state index contributed by atoms with van der Waals surface area (Å²) >= 11 is 1.56. The van der Waals surface area contributed by atoms with Crippen LogP contribution in [0.25, 0.3) is 21.9 Å². The molecule has 0 saturated heterocycles. The molecular weight excluding hydrogens is 424 g/mol. The minimum absolute atomic E-state index is 0.295. The van der Waals surface area contributed by atoms with Gasteiger partial charge in [0.25, 0.3) is 5.91 Å². The Labute approximate surface area is 188 Å². The van der Waals surface area contributed by atoms with E-state index in [1.165, 1.54) is 0 Å². The molecule has 160 valence electrons. The van der Waals surface area contributed by atoms with Crippen LogP contribution < -0.4 is 14.8 Å². The summed E-state index contributed by atoms with van der Waals surface area (Å²) in [5.41, 5.74) is 3.23. The number of amides is 1. The first kappa shape index (κ1) is 20.1. The number of aromatic nitrogens is 1. The molecule has 0 bridgehead atoms. The molecule has 0 fully saturated rings. The minimum Gasteiger partial charge on any atom is -0.495 e. The largest absolute Gasteiger partial charge is 0.495 e. The summed E-state index contributed by atoms with van der Waals surface area (Å²) in [6.07, 6.45) is 0. The van der Waals surface area contributed by atoms with Crippen LogP contribution in [0, 0.1) is 6.92 Å². The molecular formula is C25H20N2O4S. The Morgan fingerprint density at radius 3 is 2.66 bits per heavy atom. The van der Waals surface area contributed by atoms with Gasteiger partial charge in [0.15, 0.2) is 0 Å². The van der Waals surface area contributed by atoms with Gasteiger partial charge in [0.1, 0.15) is 29.3 Å². The van der Waals surface area contributed by atoms with Gasteiger partial charge in [0.05, 0.1) is 29.1 Å². The lowest BCUT2D eigenvalue weighted by molar-refractivity contribution is 0.102. The molecule has 5 aromatic rings. The van der Waals surface area contributed by atoms with Gasteiger partial charge in [-0.1, -0.05) is 30.3 Å². The van der Waals surface area contributed by atoms with Crippen LogP contribution in [0.3, 0.4) is 0 Å². The number of nitrogens with one attached hydrogen (secondary N) is 1. The molecule has 0 atom stereocenters. The fourth-order valence-corrected chi connectivity index (χ4v) is 4.21. The van der Waals surface area contributed by atoms with Gasteiger partial charge in [-0.05, 0) is 31.2 Å². The van der Waals surface area contributed by atoms with Crippen molar-refractivity contribution in [3.8, 4) is 11.5 Å². The highest BCUT2D eigenvalue weighted by Gasteiger charge is 2.17. The number of nitrogens with zero attached hydrogens (tertiary/aromatic N) is 1. The van der Waals surface area contributed by atoms with Gasteiger partial charge in [0.2, 0.25) is 0 Å². The van der Waals surface area contributed by atoms with Crippen LogP contribution in [0.1, 0.15) is 21.1 Å². The number of thiazole rings is 1. The second-order valence-electron chi connectivity index (χ2n) is 7.24. The number of carbonyl (C=O) groups is 1. The van der Waals surface area contributed by atoms with Gasteiger partial charge < -0.3 is 19.2 Å². The molecule has 7 heteroatoms. The van der Waals surface area contributed by atoms with E-state index in [0.29, 0.717) is 34.9 Å². The van der Waals surface area contributed by atoms with Crippen LogP contribution in [0.4, 0.5) is 5.69 Å². The third-order valence-corrected chi connectivity index (χ3v) is 5.94. The predicted molar refractivity (Wildman–Crippen MR) is 126 cm³/mol. The first-order chi connectivity index (χ1) is 15.6. The maximum atomic E-state index is 13.1. The number of para-hydroxylation sites is 2. The van der Waals surface area contributed by atoms with Gasteiger partial charge in [-0.2, -0.15) is 0 Å². The predicted octanol–water partition coefficient (Wildman–Crippen LogP) is 6.19. The smallest absolute Gasteiger partial charge is 0.259 e. The highest BCUT2D eigenvalue weighted by Crippen LogP contribution is 2.36. The van der Waals surface area contributed by atoms with E-state index >= 15 is 0 Å². The molecule has 32 heavy (non-hydrogen) atoms. The average molecular weight is 445 g/mol. The van der Waals surface area contributed by atoms with Crippen molar-refractivity contribution in [3.05, 3.63) is 82.3 Å². The van der Waals surface area contributed by atoms with Gasteiger partial charge in [0, 0.05) is 22.2 Å². The fraction of sp³-hybridized carbons (Fsp3) is 0.120. The lowest BCUT2D eigenvalue weighted by atomic mass is 10.1. The Balaban J connectivity index is 1.44. The number of anilines is 1. The van der Waals surface area contributed by atoms with Crippen molar-refractivity contribution in [1.82, 2.24) is 4.98 Å². The number of hydrogen-bond acceptors (Lipinski definition) is 6. The van der Waals surface area contributed by atoms with Crippen LogP contribution in [0.2, 0.25) is 0 Å². The summed E-state index contributed by atoms with van der Waals surface area (Å²) in [4.78, 5) is 17.5. The molecule has 1 N–H and O–H groups in total. The van der Waals surface area contributed by atoms with E-state index in [1.807, 2.05) is 48.7 Å². The number of benzene rings is 3. The van der Waals surface area contributed by atoms with E-state index in [0.717, 1.165) is 27.1 Å². The zero-order chi connectivity index (χ0) is 22.1. The van der Waals surface area contributed by atoms with Crippen molar-refractivity contribution in [2.45, 2.75) is 13.5 Å². The van der Waals surface area contributed by atoms with Crippen molar-refractivity contribution in [2.24, 2.45) is 0 Å². The third kappa shape index (κ3) is 3.78. The monoisotopic (exact) mass is 444 g/mol. The lowest BCUT2D eigenvalue weighted by Gasteiger charge is -2.13. The van der Waals surface area contributed by atoms with Crippen molar-refractivity contribution in [3.63, 3.8) is 0 Å². The molecule has 1 amide bonds. The van der Waals surface area contributed by atoms with Gasteiger partial charge in [-0.25, -0.2) is 4.98 Å². The highest BCUT2D eigenvalue weighted by atomic mass is 32.1. The normalized spacial score (nSPS) is 11.1. The quantitative estimate of drug-likeness (QED) is 0.338. The Bertz CT molecular complexity index is 1440. The van der Waals surface area contributed by atoms with Crippen LogP contribution in [-0.2, 0) is 6.61 Å². The number of fused-ring (bicyclic) bond motifs is 3. The molecule has 0 unspecified atom stereocenters. The molecule has 0 spiro atoms. The SMILES string of the molecule is COc1cc2c(cc1NC(=O)c1ccccc1OCc1csc(C)n1)oc1ccccc12. The van der Waals surface area contributed by atoms with Gasteiger partial charge in [-0.3, -0.25) is 4.79 Å². The van der Waals surface area contributed by atoms with Crippen molar-refractivity contribution < 1.29 is 18.7 Å². The van der Waals surface area contributed by atoms with E-state index < -0.39 is 0 Å². The molecule has 5 rings (SSSR count). The van der Waals surface area contributed by atoms with E-state index in [4.69, 9.17) is 13.9 Å². The van der Waals surface area contributed by atoms with Crippen LogP contribution in [0.15, 0.2) is 70.5 Å². The zero-order valence-electron chi connectivity index (χ0n) is 17.5. The molecule has 3 aromatic carbocycles. The summed E-state index contributed by atoms with van der Waals surface area (Å²) in [5, 5.41) is 7.79. The number of carbonyl (C=O) groups excluding carboxylic acids is 1. The Kier molecular flexibility index (Phi) is 5.25. The second-order valence-corrected chi connectivity index (χ2v) is 8.31. The number of ether oxygens (including phenoxy) is 2. The Morgan fingerprint density at radius 2 is 1.84 bits per heavy atom. The first-order valence-corrected chi connectivity index (χ1v) is 10.9. The maximum Gasteiger partial charge on any atom is 0.259 e. The van der Waals surface area contributed by atoms with E-state index in [-0.39, 0.29) is 5.91 Å². The Hall–Kier alpha value is -3.84. The van der Waals surface area contributed by atoms with Crippen molar-refractivity contribution in [1.29, 1.82) is 0 Å². The second kappa shape index (κ2) is 8.36. The lowest BCUT2D eigenvalue weighted by Crippen LogP contribution is -2.14. The molecule has 0 radical (unpaired) electrons. The summed E-state index contributed by atoms with van der Waals surface area (Å²) < 4.78 is 17.4. The summed E-state index contributed by atoms with van der Waals surface area (Å²) in [6.45, 7) is 2.24. The third-order valence-electron chi connectivity index (χ3n) is 5.12. The minimum atomic E-state index is -0.302. The molecule has 2 heterocycles. The fourth-order valence-electron chi connectivity index (χ4n) is 3.61. The topological polar surface area (TPSA) is 73.6 Å². The molecule has 2 aromatic heterocycles. The number of hydrogen-bond donors (Lipinski definition) is 1. The summed E-state index contributed by atoms with van der Waals surface area (Å²) in [7, 11) is 1.58. The number of aryl methyl sites for hydroxylation is 1. The van der Waals surface area contributed by atoms with Crippen LogP contribution in [-0.4, -0.2) is 18.0 Å². The first-order valence-electron chi connectivity index (χ1n) is 10.1. The van der Waals surface area contributed by atoms with Gasteiger partial charge in [-0.15, -0.1) is 11.3 Å². The van der Waals surface area contributed by atoms with Crippen LogP contribution in [0.5, 0.6) is 11.5 Å². The Morgan fingerprint density at radius 1 is 1.03 bits per heavy atom.